The van der Waals surface area contributed by atoms with Crippen molar-refractivity contribution in [2.75, 3.05) is 34.4 Å². The molecule has 4 aromatic carbocycles. The van der Waals surface area contributed by atoms with Gasteiger partial charge in [0.05, 0.1) is 34.2 Å². The lowest BCUT2D eigenvalue weighted by atomic mass is 9.84. The van der Waals surface area contributed by atoms with E-state index in [-0.39, 0.29) is 49.9 Å². The van der Waals surface area contributed by atoms with Gasteiger partial charge in [-0.05, 0) is 157 Å². The molecule has 4 heterocycles. The van der Waals surface area contributed by atoms with Crippen molar-refractivity contribution < 1.29 is 38.5 Å². The highest BCUT2D eigenvalue weighted by atomic mass is 16.5. The number of carboxylic acids is 1. The molecule has 0 saturated heterocycles. The van der Waals surface area contributed by atoms with E-state index in [2.05, 4.69) is 40.3 Å². The molecule has 2 unspecified atom stereocenters. The number of carboxylic acid groups (broad SMARTS) is 1. The normalized spacial score (nSPS) is 13.6. The van der Waals surface area contributed by atoms with Crippen LogP contribution in [0.15, 0.2) is 97.3 Å². The molecule has 2 amide bonds. The summed E-state index contributed by atoms with van der Waals surface area (Å²) in [4.78, 5) is 63.0. The highest BCUT2D eigenvalue weighted by Gasteiger charge is 2.28. The van der Waals surface area contributed by atoms with E-state index in [1.807, 2.05) is 106 Å². The number of fused-ring (bicyclic) bond motifs is 2. The van der Waals surface area contributed by atoms with Crippen LogP contribution in [0.1, 0.15) is 131 Å². The van der Waals surface area contributed by atoms with Crippen molar-refractivity contribution in [1.82, 2.24) is 19.8 Å². The number of nitrogens with zero attached hydrogens (tertiary/aromatic N) is 4. The van der Waals surface area contributed by atoms with Gasteiger partial charge < -0.3 is 29.1 Å². The molecule has 0 bridgehead atoms. The molecule has 2 aliphatic rings. The first-order valence-electron chi connectivity index (χ1n) is 23.3. The number of hydrogen-bond donors (Lipinski definition) is 1. The third kappa shape index (κ3) is 11.9. The van der Waals surface area contributed by atoms with E-state index in [1.165, 1.54) is 23.8 Å². The van der Waals surface area contributed by atoms with Gasteiger partial charge in [0.2, 0.25) is 11.8 Å². The first-order valence-corrected chi connectivity index (χ1v) is 23.3. The first-order chi connectivity index (χ1) is 33.1. The monoisotopic (exact) mass is 946 g/mol. The van der Waals surface area contributed by atoms with Gasteiger partial charge >= 0.3 is 11.9 Å². The maximum Gasteiger partial charge on any atom is 0.306 e. The fourth-order valence-electron chi connectivity index (χ4n) is 9.32. The molecule has 6 aromatic rings. The van der Waals surface area contributed by atoms with E-state index in [0.29, 0.717) is 43.5 Å². The summed E-state index contributed by atoms with van der Waals surface area (Å²) >= 11 is 0. The highest BCUT2D eigenvalue weighted by molar-refractivity contribution is 5.95. The minimum absolute atomic E-state index is 0. The molecule has 70 heavy (non-hydrogen) atoms. The van der Waals surface area contributed by atoms with Crippen molar-refractivity contribution in [3.8, 4) is 11.8 Å². The minimum Gasteiger partial charge on any atom is -0.481 e. The van der Waals surface area contributed by atoms with Gasteiger partial charge in [0.1, 0.15) is 0 Å². The summed E-state index contributed by atoms with van der Waals surface area (Å²) in [5.74, 6) is -0.597. The number of benzene rings is 4. The molecule has 12 heteroatoms. The molecule has 2 atom stereocenters. The number of amides is 2. The third-order valence-electron chi connectivity index (χ3n) is 13.8. The first kappa shape index (κ1) is 52.0. The molecule has 0 spiro atoms. The quantitative estimate of drug-likeness (QED) is 0.118. The van der Waals surface area contributed by atoms with Gasteiger partial charge in [-0.2, -0.15) is 0 Å². The second-order valence-corrected chi connectivity index (χ2v) is 18.3. The van der Waals surface area contributed by atoms with Crippen LogP contribution in [0.25, 0.3) is 0 Å². The Balaban J connectivity index is 0.000000226. The fraction of sp³-hybridized carbons (Fsp3) is 0.345. The number of carbonyl (C=O) groups excluding carboxylic acids is 3. The maximum atomic E-state index is 13.2. The largest absolute Gasteiger partial charge is 0.481 e. The highest BCUT2D eigenvalue weighted by Crippen LogP contribution is 2.36. The standard InChI is InChI=1S/C29H32N2O4.C28H30N2O4.CH4/c1-18-6-7-23(12-19(18)2)29(33)31-11-10-21-8-9-22(14-24(21)17-31)25(15-28(32)35-5)26-16-30-27(34-4)13-20(26)3;1-17-5-6-22(11-18(17)2)28(33)30-10-9-20-7-8-21(13-23(20)16-30)24(14-27(31)32)25-15-29-26(34-4)12-19(25)3;/h6-9,12-14,16,25H,10-11,15,17H2,1-5H3;5-8,11-13,15,24H,9-10,14,16H2,1-4H3,(H,31,32);1H4. The molecular formula is C58H66N4O8. The molecule has 8 rings (SSSR count). The predicted octanol–water partition coefficient (Wildman–Crippen LogP) is 10.4. The molecule has 366 valence electrons. The molecule has 0 fully saturated rings. The Morgan fingerprint density at radius 1 is 0.543 bits per heavy atom. The Hall–Kier alpha value is -7.34. The molecule has 2 aromatic heterocycles. The number of carbonyl (C=O) groups is 4. The molecule has 1 N–H and O–H groups in total. The number of pyridine rings is 2. The lowest BCUT2D eigenvalue weighted by Gasteiger charge is -2.30. The summed E-state index contributed by atoms with van der Waals surface area (Å²) < 4.78 is 15.5. The maximum absolute atomic E-state index is 13.2. The number of esters is 1. The molecular weight excluding hydrogens is 881 g/mol. The van der Waals surface area contributed by atoms with E-state index in [9.17, 15) is 24.3 Å². The molecule has 0 aliphatic carbocycles. The Morgan fingerprint density at radius 2 is 0.971 bits per heavy atom. The van der Waals surface area contributed by atoms with Crippen molar-refractivity contribution in [2.24, 2.45) is 0 Å². The summed E-state index contributed by atoms with van der Waals surface area (Å²) in [6.07, 6.45) is 5.22. The summed E-state index contributed by atoms with van der Waals surface area (Å²) in [6.45, 7) is 14.5. The van der Waals surface area contributed by atoms with Crippen molar-refractivity contribution in [1.29, 1.82) is 0 Å². The number of aromatic nitrogens is 2. The van der Waals surface area contributed by atoms with Crippen molar-refractivity contribution in [3.63, 3.8) is 0 Å². The van der Waals surface area contributed by atoms with Crippen LogP contribution < -0.4 is 9.47 Å². The van der Waals surface area contributed by atoms with Gasteiger partial charge in [0.15, 0.2) is 0 Å². The van der Waals surface area contributed by atoms with E-state index >= 15 is 0 Å². The van der Waals surface area contributed by atoms with Crippen molar-refractivity contribution in [2.45, 2.75) is 99.6 Å². The van der Waals surface area contributed by atoms with Gasteiger partial charge in [-0.25, -0.2) is 9.97 Å². The molecule has 12 nitrogen and oxygen atoms in total. The SMILES string of the molecule is C.COC(=O)CC(c1ccc2c(c1)CN(C(=O)c1ccc(C)c(C)c1)CC2)c1cnc(OC)cc1C.COc1cc(C)c(C(CC(=O)O)c2ccc3c(c2)CN(C(=O)c2ccc(C)c(C)c2)CC3)cn1. The number of methoxy groups -OCH3 is 3. The Labute approximate surface area is 412 Å². The second kappa shape index (κ2) is 22.8. The Morgan fingerprint density at radius 3 is 1.34 bits per heavy atom. The van der Waals surface area contributed by atoms with Crippen molar-refractivity contribution >= 4 is 23.8 Å². The average molecular weight is 947 g/mol. The summed E-state index contributed by atoms with van der Waals surface area (Å²) in [6, 6.07) is 27.9. The number of ether oxygens (including phenoxy) is 3. The van der Waals surface area contributed by atoms with Crippen LogP contribution >= 0.6 is 0 Å². The Bertz CT molecular complexity index is 2910. The van der Waals surface area contributed by atoms with Gasteiger partial charge in [-0.1, -0.05) is 56.0 Å². The van der Waals surface area contributed by atoms with E-state index in [0.717, 1.165) is 79.6 Å². The third-order valence-corrected chi connectivity index (χ3v) is 13.8. The topological polar surface area (TPSA) is 148 Å². The summed E-state index contributed by atoms with van der Waals surface area (Å²) in [5.41, 5.74) is 16.3. The lowest BCUT2D eigenvalue weighted by molar-refractivity contribution is -0.141. The molecule has 0 radical (unpaired) electrons. The van der Waals surface area contributed by atoms with Gasteiger partial charge in [-0.15, -0.1) is 0 Å². The number of rotatable bonds is 12. The Kier molecular flexibility index (Phi) is 17.0. The van der Waals surface area contributed by atoms with Crippen LogP contribution in [-0.2, 0) is 40.3 Å². The van der Waals surface area contributed by atoms with Crippen molar-refractivity contribution in [3.05, 3.63) is 186 Å². The molecule has 0 saturated carbocycles. The van der Waals surface area contributed by atoms with Gasteiger partial charge in [-0.3, -0.25) is 19.2 Å². The zero-order chi connectivity index (χ0) is 49.5. The smallest absolute Gasteiger partial charge is 0.306 e. The van der Waals surface area contributed by atoms with E-state index < -0.39 is 5.97 Å². The second-order valence-electron chi connectivity index (χ2n) is 18.3. The van der Waals surface area contributed by atoms with E-state index in [4.69, 9.17) is 14.2 Å². The lowest BCUT2D eigenvalue weighted by Crippen LogP contribution is -2.36. The number of aryl methyl sites for hydroxylation is 6. The summed E-state index contributed by atoms with van der Waals surface area (Å²) in [5, 5.41) is 9.62. The minimum atomic E-state index is -0.871. The van der Waals surface area contributed by atoms with Crippen LogP contribution in [0, 0.1) is 41.5 Å². The van der Waals surface area contributed by atoms with Crippen LogP contribution in [0.5, 0.6) is 11.8 Å². The van der Waals surface area contributed by atoms with Crippen LogP contribution in [-0.4, -0.2) is 83.0 Å². The number of hydrogen-bond acceptors (Lipinski definition) is 9. The number of aliphatic carboxylic acids is 1. The predicted molar refractivity (Wildman–Crippen MR) is 272 cm³/mol. The van der Waals surface area contributed by atoms with E-state index in [1.54, 1.807) is 26.6 Å². The van der Waals surface area contributed by atoms with Crippen LogP contribution in [0.3, 0.4) is 0 Å². The van der Waals surface area contributed by atoms with Crippen LogP contribution in [0.2, 0.25) is 0 Å². The van der Waals surface area contributed by atoms with Gasteiger partial charge in [0.25, 0.3) is 11.8 Å². The zero-order valence-corrected chi connectivity index (χ0v) is 41.1. The summed E-state index contributed by atoms with van der Waals surface area (Å²) in [7, 11) is 4.55. The van der Waals surface area contributed by atoms with Gasteiger partial charge in [0, 0.05) is 73.7 Å². The fourth-order valence-corrected chi connectivity index (χ4v) is 9.32. The molecule has 2 aliphatic heterocycles. The average Bonchev–Trinajstić information content (AvgIpc) is 3.35. The zero-order valence-electron chi connectivity index (χ0n) is 41.1. The van der Waals surface area contributed by atoms with Crippen LogP contribution in [0.4, 0.5) is 0 Å².